The minimum Gasteiger partial charge on any atom is -0.465 e. The van der Waals surface area contributed by atoms with Crippen LogP contribution in [-0.4, -0.2) is 23.0 Å². The molecule has 1 aromatic heterocycles. The molecule has 5 heteroatoms. The van der Waals surface area contributed by atoms with E-state index in [0.29, 0.717) is 12.1 Å². The Morgan fingerprint density at radius 1 is 1.23 bits per heavy atom. The van der Waals surface area contributed by atoms with Gasteiger partial charge in [-0.1, -0.05) is 18.2 Å². The summed E-state index contributed by atoms with van der Waals surface area (Å²) in [6.07, 6.45) is 0. The second-order valence-corrected chi connectivity index (χ2v) is 5.15. The molecule has 1 heterocycles. The van der Waals surface area contributed by atoms with E-state index in [1.807, 2.05) is 24.3 Å². The second-order valence-electron chi connectivity index (χ2n) is 5.15. The molecule has 0 fully saturated rings. The molecule has 0 atom stereocenters. The monoisotopic (exact) mass is 295 g/mol. The van der Waals surface area contributed by atoms with Gasteiger partial charge in [-0.25, -0.2) is 9.78 Å². The number of hydrogen-bond donors (Lipinski definition) is 2. The SMILES string of the molecule is COC(=O)c1ccc(CNc2nc3ccc(C)cc3[nH]2)cc1. The Balaban J connectivity index is 1.69. The van der Waals surface area contributed by atoms with Crippen molar-refractivity contribution in [3.8, 4) is 0 Å². The van der Waals surface area contributed by atoms with E-state index in [0.717, 1.165) is 22.5 Å². The highest BCUT2D eigenvalue weighted by atomic mass is 16.5. The fraction of sp³-hybridized carbons (Fsp3) is 0.176. The van der Waals surface area contributed by atoms with Gasteiger partial charge in [-0.15, -0.1) is 0 Å². The predicted octanol–water partition coefficient (Wildman–Crippen LogP) is 3.27. The van der Waals surface area contributed by atoms with Crippen LogP contribution in [0.15, 0.2) is 42.5 Å². The molecule has 0 aliphatic carbocycles. The van der Waals surface area contributed by atoms with E-state index < -0.39 is 0 Å². The molecule has 0 saturated carbocycles. The van der Waals surface area contributed by atoms with Crippen molar-refractivity contribution in [3.05, 3.63) is 59.2 Å². The molecule has 2 N–H and O–H groups in total. The van der Waals surface area contributed by atoms with Gasteiger partial charge in [-0.2, -0.15) is 0 Å². The summed E-state index contributed by atoms with van der Waals surface area (Å²) in [7, 11) is 1.38. The molecule has 2 aromatic carbocycles. The number of benzene rings is 2. The van der Waals surface area contributed by atoms with Gasteiger partial charge in [0, 0.05) is 6.54 Å². The standard InChI is InChI=1S/C17H17N3O2/c1-11-3-8-14-15(9-11)20-17(19-14)18-10-12-4-6-13(7-5-12)16(21)22-2/h3-9H,10H2,1-2H3,(H2,18,19,20). The number of ether oxygens (including phenoxy) is 1. The van der Waals surface area contributed by atoms with E-state index in [4.69, 9.17) is 0 Å². The van der Waals surface area contributed by atoms with Crippen molar-refractivity contribution in [1.82, 2.24) is 9.97 Å². The van der Waals surface area contributed by atoms with Gasteiger partial charge in [0.15, 0.2) is 0 Å². The van der Waals surface area contributed by atoms with Crippen LogP contribution in [0.4, 0.5) is 5.95 Å². The van der Waals surface area contributed by atoms with Gasteiger partial charge in [-0.3, -0.25) is 0 Å². The number of hydrogen-bond acceptors (Lipinski definition) is 4. The van der Waals surface area contributed by atoms with Crippen LogP contribution >= 0.6 is 0 Å². The molecular weight excluding hydrogens is 278 g/mol. The fourth-order valence-corrected chi connectivity index (χ4v) is 2.27. The molecule has 0 amide bonds. The molecule has 3 rings (SSSR count). The number of nitrogens with zero attached hydrogens (tertiary/aromatic N) is 1. The maximum atomic E-state index is 11.4. The van der Waals surface area contributed by atoms with E-state index in [1.54, 1.807) is 12.1 Å². The van der Waals surface area contributed by atoms with Crippen molar-refractivity contribution in [2.24, 2.45) is 0 Å². The van der Waals surface area contributed by atoms with Crippen molar-refractivity contribution in [2.45, 2.75) is 13.5 Å². The Hall–Kier alpha value is -2.82. The van der Waals surface area contributed by atoms with Crippen LogP contribution in [-0.2, 0) is 11.3 Å². The van der Waals surface area contributed by atoms with Gasteiger partial charge in [0.2, 0.25) is 5.95 Å². The number of methoxy groups -OCH3 is 1. The average molecular weight is 295 g/mol. The van der Waals surface area contributed by atoms with Crippen LogP contribution in [0.5, 0.6) is 0 Å². The summed E-state index contributed by atoms with van der Waals surface area (Å²) in [5.41, 5.74) is 4.76. The molecule has 0 unspecified atom stereocenters. The van der Waals surface area contributed by atoms with Gasteiger partial charge < -0.3 is 15.0 Å². The molecule has 0 radical (unpaired) electrons. The molecule has 3 aromatic rings. The van der Waals surface area contributed by atoms with Crippen molar-refractivity contribution >= 4 is 23.0 Å². The number of anilines is 1. The van der Waals surface area contributed by atoms with Gasteiger partial charge in [0.05, 0.1) is 23.7 Å². The lowest BCUT2D eigenvalue weighted by molar-refractivity contribution is 0.0600. The summed E-state index contributed by atoms with van der Waals surface area (Å²) in [5.74, 6) is 0.407. The van der Waals surface area contributed by atoms with Gasteiger partial charge in [0.25, 0.3) is 0 Å². The molecule has 0 aliphatic rings. The third kappa shape index (κ3) is 2.93. The number of imidazole rings is 1. The first-order valence-corrected chi connectivity index (χ1v) is 7.03. The lowest BCUT2D eigenvalue weighted by Gasteiger charge is -2.04. The quantitative estimate of drug-likeness (QED) is 0.725. The summed E-state index contributed by atoms with van der Waals surface area (Å²) in [6, 6.07) is 13.4. The molecule has 0 spiro atoms. The summed E-state index contributed by atoms with van der Waals surface area (Å²) in [4.78, 5) is 19.1. The first kappa shape index (κ1) is 14.1. The third-order valence-corrected chi connectivity index (χ3v) is 3.47. The van der Waals surface area contributed by atoms with Crippen molar-refractivity contribution in [3.63, 3.8) is 0 Å². The molecule has 5 nitrogen and oxygen atoms in total. The van der Waals surface area contributed by atoms with Gasteiger partial charge >= 0.3 is 5.97 Å². The molecule has 0 aliphatic heterocycles. The molecule has 112 valence electrons. The number of rotatable bonds is 4. The smallest absolute Gasteiger partial charge is 0.337 e. The van der Waals surface area contributed by atoms with Crippen LogP contribution in [0.3, 0.4) is 0 Å². The first-order chi connectivity index (χ1) is 10.7. The number of H-pyrrole nitrogens is 1. The van der Waals surface area contributed by atoms with Crippen molar-refractivity contribution in [1.29, 1.82) is 0 Å². The maximum absolute atomic E-state index is 11.4. The Labute approximate surface area is 128 Å². The number of aromatic amines is 1. The molecule has 0 bridgehead atoms. The van der Waals surface area contributed by atoms with E-state index in [-0.39, 0.29) is 5.97 Å². The fourth-order valence-electron chi connectivity index (χ4n) is 2.27. The number of nitrogens with one attached hydrogen (secondary N) is 2. The van der Waals surface area contributed by atoms with E-state index >= 15 is 0 Å². The average Bonchev–Trinajstić information content (AvgIpc) is 2.94. The van der Waals surface area contributed by atoms with E-state index in [2.05, 4.69) is 33.0 Å². The highest BCUT2D eigenvalue weighted by Gasteiger charge is 2.05. The van der Waals surface area contributed by atoms with E-state index in [1.165, 1.54) is 12.7 Å². The lowest BCUT2D eigenvalue weighted by atomic mass is 10.1. The van der Waals surface area contributed by atoms with Gasteiger partial charge in [-0.05, 0) is 42.3 Å². The number of carbonyl (C=O) groups excluding carboxylic acids is 1. The summed E-state index contributed by atoms with van der Waals surface area (Å²) >= 11 is 0. The number of fused-ring (bicyclic) bond motifs is 1. The zero-order valence-electron chi connectivity index (χ0n) is 12.5. The number of esters is 1. The van der Waals surface area contributed by atoms with Crippen molar-refractivity contribution < 1.29 is 9.53 Å². The van der Waals surface area contributed by atoms with E-state index in [9.17, 15) is 4.79 Å². The van der Waals surface area contributed by atoms with Crippen LogP contribution in [0, 0.1) is 6.92 Å². The number of carbonyl (C=O) groups is 1. The third-order valence-electron chi connectivity index (χ3n) is 3.47. The lowest BCUT2D eigenvalue weighted by Crippen LogP contribution is -2.03. The largest absolute Gasteiger partial charge is 0.465 e. The Bertz CT molecular complexity index is 806. The van der Waals surface area contributed by atoms with Crippen molar-refractivity contribution in [2.75, 3.05) is 12.4 Å². The molecule has 0 saturated heterocycles. The Morgan fingerprint density at radius 3 is 2.73 bits per heavy atom. The number of aryl methyl sites for hydroxylation is 1. The molecular formula is C17H17N3O2. The Morgan fingerprint density at radius 2 is 2.00 bits per heavy atom. The second kappa shape index (κ2) is 5.89. The zero-order valence-corrected chi connectivity index (χ0v) is 12.5. The minimum absolute atomic E-state index is 0.327. The summed E-state index contributed by atoms with van der Waals surface area (Å²) in [6.45, 7) is 2.68. The minimum atomic E-state index is -0.327. The molecule has 22 heavy (non-hydrogen) atoms. The van der Waals surface area contributed by atoms with Gasteiger partial charge in [0.1, 0.15) is 0 Å². The number of aromatic nitrogens is 2. The highest BCUT2D eigenvalue weighted by Crippen LogP contribution is 2.16. The topological polar surface area (TPSA) is 67.0 Å². The van der Waals surface area contributed by atoms with Crippen LogP contribution in [0.2, 0.25) is 0 Å². The van der Waals surface area contributed by atoms with Crippen LogP contribution in [0.1, 0.15) is 21.5 Å². The van der Waals surface area contributed by atoms with Crippen LogP contribution < -0.4 is 5.32 Å². The first-order valence-electron chi connectivity index (χ1n) is 7.03. The summed E-state index contributed by atoms with van der Waals surface area (Å²) in [5, 5.41) is 3.25. The van der Waals surface area contributed by atoms with Crippen LogP contribution in [0.25, 0.3) is 11.0 Å². The predicted molar refractivity (Wildman–Crippen MR) is 85.9 cm³/mol. The highest BCUT2D eigenvalue weighted by molar-refractivity contribution is 5.89. The maximum Gasteiger partial charge on any atom is 0.337 e. The normalized spacial score (nSPS) is 10.6. The summed E-state index contributed by atoms with van der Waals surface area (Å²) < 4.78 is 4.68. The zero-order chi connectivity index (χ0) is 15.5. The Kier molecular flexibility index (Phi) is 3.78.